The van der Waals surface area contributed by atoms with E-state index in [1.54, 1.807) is 11.8 Å². The summed E-state index contributed by atoms with van der Waals surface area (Å²) in [5.41, 5.74) is 11.9. The second kappa shape index (κ2) is 18.5. The molecule has 4 N–H and O–H groups in total. The number of aromatic nitrogens is 2. The molecular formula is C43H45ClN8O4S2. The molecule has 12 nitrogen and oxygen atoms in total. The maximum absolute atomic E-state index is 13.6. The Bertz CT molecular complexity index is 2500. The number of hydrogen-bond donors (Lipinski definition) is 3. The molecule has 0 radical (unpaired) electrons. The number of halogens is 1. The van der Waals surface area contributed by atoms with Gasteiger partial charge in [0.25, 0.3) is 15.7 Å². The number of para-hydroxylation sites is 1. The number of nitrogens with one attached hydrogen (secondary N) is 2. The number of rotatable bonds is 16. The summed E-state index contributed by atoms with van der Waals surface area (Å²) in [6.07, 6.45) is 3.95. The van der Waals surface area contributed by atoms with Gasteiger partial charge in [0.1, 0.15) is 12.0 Å². The standard InChI is InChI=1S/C43H45ClN8O4S2/c1-30(8-6-7-25-57-42-12-5-4-11-38(42)45)48-39-20-18-35(27-41(39)52(53)54)58(55,56)49-43-37-19-17-34(26-40(37)46-29-47-43)51-23-21-50(22-24-51)28-32-9-2-3-10-36(32)31-13-15-33(44)16-14-31/h2-5,9-20,26-27,29-30,48H,6-8,21-25,28,45H2,1H3,(H,46,47,49)/t30-/m1/s1. The molecule has 2 heterocycles. The first-order valence-corrected chi connectivity index (χ1v) is 22.0. The van der Waals surface area contributed by atoms with Crippen LogP contribution in [0.15, 0.2) is 125 Å². The van der Waals surface area contributed by atoms with Crippen LogP contribution in [0, 0.1) is 10.1 Å². The molecule has 6 aromatic rings. The zero-order valence-electron chi connectivity index (χ0n) is 32.1. The third-order valence-corrected chi connectivity index (χ3v) is 13.0. The minimum absolute atomic E-state index is 0.0736. The molecular weight excluding hydrogens is 792 g/mol. The third kappa shape index (κ3) is 9.99. The lowest BCUT2D eigenvalue weighted by atomic mass is 9.99. The number of benzene rings is 5. The van der Waals surface area contributed by atoms with Crippen LogP contribution in [0.4, 0.5) is 28.6 Å². The van der Waals surface area contributed by atoms with Crippen LogP contribution in [0.25, 0.3) is 22.0 Å². The Balaban J connectivity index is 0.961. The third-order valence-electron chi connectivity index (χ3n) is 10.2. The molecule has 15 heteroatoms. The monoisotopic (exact) mass is 836 g/mol. The SMILES string of the molecule is C[C@H](CCCCSc1ccccc1N)Nc1ccc(S(=O)(=O)Nc2ncnc3cc(N4CCN(Cc5ccccc5-c5ccc(Cl)cc5)CC4)ccc23)cc1[N+](=O)[O-]. The highest BCUT2D eigenvalue weighted by Gasteiger charge is 2.24. The number of unbranched alkanes of at least 4 members (excludes halogenated alkanes) is 1. The fraction of sp³-hybridized carbons (Fsp3) is 0.256. The summed E-state index contributed by atoms with van der Waals surface area (Å²) in [7, 11) is -4.24. The van der Waals surface area contributed by atoms with Crippen LogP contribution in [0.5, 0.6) is 0 Å². The predicted molar refractivity (Wildman–Crippen MR) is 236 cm³/mol. The number of sulfonamides is 1. The van der Waals surface area contributed by atoms with Crippen molar-refractivity contribution >= 4 is 72.9 Å². The average Bonchev–Trinajstić information content (AvgIpc) is 3.22. The number of piperazine rings is 1. The van der Waals surface area contributed by atoms with Crippen molar-refractivity contribution in [2.75, 3.05) is 52.6 Å². The van der Waals surface area contributed by atoms with E-state index in [1.165, 1.54) is 29.6 Å². The van der Waals surface area contributed by atoms with Gasteiger partial charge >= 0.3 is 0 Å². The number of nitrogen functional groups attached to an aromatic ring is 1. The second-order valence-electron chi connectivity index (χ2n) is 14.3. The predicted octanol–water partition coefficient (Wildman–Crippen LogP) is 9.33. The number of nitro benzene ring substituents is 1. The smallest absolute Gasteiger partial charge is 0.293 e. The number of thioether (sulfide) groups is 1. The quantitative estimate of drug-likeness (QED) is 0.0280. The Morgan fingerprint density at radius 2 is 1.67 bits per heavy atom. The van der Waals surface area contributed by atoms with Crippen molar-refractivity contribution in [3.8, 4) is 11.1 Å². The molecule has 58 heavy (non-hydrogen) atoms. The van der Waals surface area contributed by atoms with Gasteiger partial charge in [-0.15, -0.1) is 11.8 Å². The summed E-state index contributed by atoms with van der Waals surface area (Å²) < 4.78 is 29.8. The molecule has 1 aliphatic heterocycles. The molecule has 5 aromatic carbocycles. The topological polar surface area (TPSA) is 160 Å². The van der Waals surface area contributed by atoms with Crippen LogP contribution >= 0.6 is 23.4 Å². The summed E-state index contributed by atoms with van der Waals surface area (Å²) in [5, 5.41) is 16.6. The summed E-state index contributed by atoms with van der Waals surface area (Å²) in [6, 6.07) is 33.7. The number of hydrogen-bond acceptors (Lipinski definition) is 11. The van der Waals surface area contributed by atoms with E-state index < -0.39 is 14.9 Å². The van der Waals surface area contributed by atoms with E-state index in [0.29, 0.717) is 15.9 Å². The Hall–Kier alpha value is -5.41. The number of nitro groups is 1. The number of fused-ring (bicyclic) bond motifs is 1. The lowest BCUT2D eigenvalue weighted by molar-refractivity contribution is -0.384. The van der Waals surface area contributed by atoms with Crippen LogP contribution in [-0.2, 0) is 16.6 Å². The lowest BCUT2D eigenvalue weighted by Crippen LogP contribution is -2.46. The zero-order chi connectivity index (χ0) is 40.6. The Morgan fingerprint density at radius 3 is 2.45 bits per heavy atom. The molecule has 0 spiro atoms. The Labute approximate surface area is 348 Å². The van der Waals surface area contributed by atoms with Gasteiger partial charge in [0.2, 0.25) is 0 Å². The first kappa shape index (κ1) is 40.8. The second-order valence-corrected chi connectivity index (χ2v) is 17.6. The molecule has 1 saturated heterocycles. The molecule has 0 amide bonds. The van der Waals surface area contributed by atoms with E-state index in [-0.39, 0.29) is 28.1 Å². The summed E-state index contributed by atoms with van der Waals surface area (Å²) in [5.74, 6) is 0.997. The molecule has 1 aromatic heterocycles. The molecule has 300 valence electrons. The van der Waals surface area contributed by atoms with Gasteiger partial charge in [0.15, 0.2) is 5.82 Å². The van der Waals surface area contributed by atoms with Gasteiger partial charge in [-0.1, -0.05) is 66.6 Å². The van der Waals surface area contributed by atoms with Gasteiger partial charge in [0.05, 0.1) is 15.3 Å². The van der Waals surface area contributed by atoms with Crippen molar-refractivity contribution in [2.24, 2.45) is 0 Å². The average molecular weight is 837 g/mol. The van der Waals surface area contributed by atoms with Gasteiger partial charge in [-0.3, -0.25) is 19.7 Å². The Kier molecular flexibility index (Phi) is 13.0. The largest absolute Gasteiger partial charge is 0.398 e. The summed E-state index contributed by atoms with van der Waals surface area (Å²) in [6.45, 7) is 6.14. The van der Waals surface area contributed by atoms with E-state index in [1.807, 2.05) is 61.5 Å². The van der Waals surface area contributed by atoms with Gasteiger partial charge in [0, 0.05) is 71.5 Å². The molecule has 0 saturated carbocycles. The summed E-state index contributed by atoms with van der Waals surface area (Å²) in [4.78, 5) is 25.8. The van der Waals surface area contributed by atoms with E-state index in [4.69, 9.17) is 17.3 Å². The number of nitrogens with two attached hydrogens (primary N) is 1. The minimum Gasteiger partial charge on any atom is -0.398 e. The fourth-order valence-corrected chi connectivity index (χ4v) is 9.27. The molecule has 0 bridgehead atoms. The molecule has 0 unspecified atom stereocenters. The van der Waals surface area contributed by atoms with Gasteiger partial charge in [-0.2, -0.15) is 0 Å². The van der Waals surface area contributed by atoms with E-state index >= 15 is 0 Å². The van der Waals surface area contributed by atoms with Crippen LogP contribution in [-0.4, -0.2) is 66.2 Å². The fourth-order valence-electron chi connectivity index (χ4n) is 7.12. The van der Waals surface area contributed by atoms with Crippen LogP contribution < -0.4 is 20.7 Å². The normalized spacial score (nSPS) is 14.0. The zero-order valence-corrected chi connectivity index (χ0v) is 34.4. The highest BCUT2D eigenvalue weighted by atomic mass is 35.5. The van der Waals surface area contributed by atoms with Crippen molar-refractivity contribution in [3.63, 3.8) is 0 Å². The number of anilines is 4. The summed E-state index contributed by atoms with van der Waals surface area (Å²) >= 11 is 7.84. The highest BCUT2D eigenvalue weighted by Crippen LogP contribution is 2.33. The molecule has 7 rings (SSSR count). The van der Waals surface area contributed by atoms with Crippen molar-refractivity contribution in [1.82, 2.24) is 14.9 Å². The molecule has 1 atom stereocenters. The lowest BCUT2D eigenvalue weighted by Gasteiger charge is -2.36. The minimum atomic E-state index is -4.24. The van der Waals surface area contributed by atoms with Crippen LogP contribution in [0.2, 0.25) is 5.02 Å². The van der Waals surface area contributed by atoms with Gasteiger partial charge in [-0.25, -0.2) is 18.4 Å². The van der Waals surface area contributed by atoms with Crippen LogP contribution in [0.3, 0.4) is 0 Å². The van der Waals surface area contributed by atoms with E-state index in [2.05, 4.69) is 66.2 Å². The maximum Gasteiger partial charge on any atom is 0.293 e. The van der Waals surface area contributed by atoms with Crippen molar-refractivity contribution in [2.45, 2.75) is 48.6 Å². The van der Waals surface area contributed by atoms with Gasteiger partial charge in [-0.05, 0) is 96.8 Å². The van der Waals surface area contributed by atoms with Crippen molar-refractivity contribution in [1.29, 1.82) is 0 Å². The number of nitrogens with zero attached hydrogens (tertiary/aromatic N) is 5. The highest BCUT2D eigenvalue weighted by molar-refractivity contribution is 7.99. The maximum atomic E-state index is 13.6. The van der Waals surface area contributed by atoms with E-state index in [0.717, 1.165) is 85.6 Å². The van der Waals surface area contributed by atoms with E-state index in [9.17, 15) is 18.5 Å². The Morgan fingerprint density at radius 1 is 0.914 bits per heavy atom. The first-order valence-electron chi connectivity index (χ1n) is 19.1. The van der Waals surface area contributed by atoms with Crippen LogP contribution in [0.1, 0.15) is 31.7 Å². The molecule has 1 aliphatic rings. The first-order chi connectivity index (χ1) is 28.0. The molecule has 1 fully saturated rings. The molecule has 0 aliphatic carbocycles. The van der Waals surface area contributed by atoms with Crippen molar-refractivity contribution in [3.05, 3.63) is 136 Å². The van der Waals surface area contributed by atoms with Crippen molar-refractivity contribution < 1.29 is 13.3 Å². The van der Waals surface area contributed by atoms with Gasteiger partial charge < -0.3 is 16.0 Å².